The van der Waals surface area contributed by atoms with Crippen LogP contribution in [0.3, 0.4) is 0 Å². The normalized spacial score (nSPS) is 11.0. The maximum absolute atomic E-state index is 9.32. The molecular weight excluding hydrogens is 268 g/mol. The second-order valence-corrected chi connectivity index (χ2v) is 4.87. The summed E-state index contributed by atoms with van der Waals surface area (Å²) in [6.07, 6.45) is 3.55. The largest absolute Gasteiger partial charge is 0.256 e. The molecule has 1 aromatic heterocycles. The van der Waals surface area contributed by atoms with E-state index in [1.54, 1.807) is 6.20 Å². The summed E-state index contributed by atoms with van der Waals surface area (Å²) in [4.78, 5) is 4.22. The molecule has 0 bridgehead atoms. The minimum absolute atomic E-state index is 0.563. The van der Waals surface area contributed by atoms with Gasteiger partial charge in [0.05, 0.1) is 11.3 Å². The highest BCUT2D eigenvalue weighted by Gasteiger charge is 2.02. The highest BCUT2D eigenvalue weighted by Crippen LogP contribution is 2.21. The van der Waals surface area contributed by atoms with E-state index < -0.39 is 0 Å². The van der Waals surface area contributed by atoms with Crippen LogP contribution >= 0.6 is 0 Å². The first kappa shape index (κ1) is 13.8. The van der Waals surface area contributed by atoms with Gasteiger partial charge in [-0.15, -0.1) is 0 Å². The number of benzene rings is 2. The second kappa shape index (κ2) is 6.51. The number of allylic oxidation sites excluding steroid dienone is 1. The van der Waals surface area contributed by atoms with Gasteiger partial charge in [0.2, 0.25) is 0 Å². The summed E-state index contributed by atoms with van der Waals surface area (Å²) in [5.74, 6) is 0. The van der Waals surface area contributed by atoms with Crippen molar-refractivity contribution in [3.8, 4) is 17.2 Å². The molecule has 0 saturated heterocycles. The van der Waals surface area contributed by atoms with Crippen molar-refractivity contribution in [3.63, 3.8) is 0 Å². The van der Waals surface area contributed by atoms with Gasteiger partial charge in [-0.2, -0.15) is 5.26 Å². The molecule has 2 aromatic carbocycles. The Morgan fingerprint density at radius 1 is 0.818 bits per heavy atom. The summed E-state index contributed by atoms with van der Waals surface area (Å²) >= 11 is 0. The molecule has 0 fully saturated rings. The van der Waals surface area contributed by atoms with Crippen molar-refractivity contribution < 1.29 is 0 Å². The molecule has 22 heavy (non-hydrogen) atoms. The third kappa shape index (κ3) is 3.11. The molecule has 3 rings (SSSR count). The lowest BCUT2D eigenvalue weighted by atomic mass is 10.0. The molecule has 0 saturated carbocycles. The van der Waals surface area contributed by atoms with Crippen molar-refractivity contribution in [1.82, 2.24) is 4.98 Å². The lowest BCUT2D eigenvalue weighted by Crippen LogP contribution is -1.86. The molecule has 3 aromatic rings. The zero-order chi connectivity index (χ0) is 15.2. The van der Waals surface area contributed by atoms with Gasteiger partial charge in [-0.3, -0.25) is 4.98 Å². The van der Waals surface area contributed by atoms with Crippen molar-refractivity contribution in [3.05, 3.63) is 90.3 Å². The fourth-order valence-electron chi connectivity index (χ4n) is 2.25. The van der Waals surface area contributed by atoms with E-state index in [4.69, 9.17) is 0 Å². The number of rotatable bonds is 3. The average molecular weight is 282 g/mol. The van der Waals surface area contributed by atoms with E-state index in [0.717, 1.165) is 11.1 Å². The van der Waals surface area contributed by atoms with Crippen LogP contribution in [0.4, 0.5) is 0 Å². The first-order chi connectivity index (χ1) is 10.9. The minimum atomic E-state index is 0.563. The lowest BCUT2D eigenvalue weighted by molar-refractivity contribution is 1.28. The fraction of sp³-hybridized carbons (Fsp3) is 0. The van der Waals surface area contributed by atoms with Crippen LogP contribution in [-0.2, 0) is 0 Å². The summed E-state index contributed by atoms with van der Waals surface area (Å²) in [6.45, 7) is 0. The van der Waals surface area contributed by atoms with Crippen LogP contribution in [-0.4, -0.2) is 4.98 Å². The number of nitriles is 1. The predicted molar refractivity (Wildman–Crippen MR) is 89.6 cm³/mol. The monoisotopic (exact) mass is 282 g/mol. The van der Waals surface area contributed by atoms with E-state index in [1.165, 1.54) is 5.56 Å². The maximum Gasteiger partial charge on any atom is 0.101 e. The Kier molecular flexibility index (Phi) is 4.08. The second-order valence-electron chi connectivity index (χ2n) is 4.87. The first-order valence-corrected chi connectivity index (χ1v) is 7.05. The van der Waals surface area contributed by atoms with E-state index in [1.807, 2.05) is 54.6 Å². The number of hydrogen-bond donors (Lipinski definition) is 0. The third-order valence-electron chi connectivity index (χ3n) is 3.39. The summed E-state index contributed by atoms with van der Waals surface area (Å²) in [7, 11) is 0. The standard InChI is InChI=1S/C20H14N2/c21-15-19(20-8-4-5-13-22-20)14-16-9-11-18(12-10-16)17-6-2-1-3-7-17/h1-14H/b19-14+. The van der Waals surface area contributed by atoms with Crippen LogP contribution < -0.4 is 0 Å². The van der Waals surface area contributed by atoms with E-state index in [2.05, 4.69) is 35.3 Å². The van der Waals surface area contributed by atoms with Crippen LogP contribution in [0, 0.1) is 11.3 Å². The van der Waals surface area contributed by atoms with Crippen molar-refractivity contribution in [2.24, 2.45) is 0 Å². The van der Waals surface area contributed by atoms with Crippen molar-refractivity contribution in [1.29, 1.82) is 5.26 Å². The van der Waals surface area contributed by atoms with Crippen LogP contribution in [0.1, 0.15) is 11.3 Å². The van der Waals surface area contributed by atoms with Crippen molar-refractivity contribution >= 4 is 11.6 Å². The molecule has 0 aliphatic rings. The topological polar surface area (TPSA) is 36.7 Å². The van der Waals surface area contributed by atoms with Gasteiger partial charge in [-0.1, -0.05) is 60.7 Å². The molecule has 0 unspecified atom stereocenters. The molecule has 1 heterocycles. The molecule has 0 atom stereocenters. The van der Waals surface area contributed by atoms with Gasteiger partial charge in [-0.05, 0) is 34.9 Å². The number of pyridine rings is 1. The van der Waals surface area contributed by atoms with E-state index in [-0.39, 0.29) is 0 Å². The fourth-order valence-corrected chi connectivity index (χ4v) is 2.25. The number of aromatic nitrogens is 1. The molecule has 2 nitrogen and oxygen atoms in total. The maximum atomic E-state index is 9.32. The summed E-state index contributed by atoms with van der Waals surface area (Å²) in [6, 6.07) is 26.2. The van der Waals surface area contributed by atoms with Gasteiger partial charge < -0.3 is 0 Å². The molecule has 2 heteroatoms. The van der Waals surface area contributed by atoms with E-state index in [0.29, 0.717) is 11.3 Å². The average Bonchev–Trinajstić information content (AvgIpc) is 2.62. The van der Waals surface area contributed by atoms with Crippen LogP contribution in [0.25, 0.3) is 22.8 Å². The number of nitrogens with zero attached hydrogens (tertiary/aromatic N) is 2. The first-order valence-electron chi connectivity index (χ1n) is 7.05. The minimum Gasteiger partial charge on any atom is -0.256 e. The van der Waals surface area contributed by atoms with Crippen molar-refractivity contribution in [2.75, 3.05) is 0 Å². The Morgan fingerprint density at radius 2 is 1.50 bits per heavy atom. The molecular formula is C20H14N2. The highest BCUT2D eigenvalue weighted by atomic mass is 14.7. The van der Waals surface area contributed by atoms with Gasteiger partial charge in [0.15, 0.2) is 0 Å². The van der Waals surface area contributed by atoms with Gasteiger partial charge in [-0.25, -0.2) is 0 Å². The van der Waals surface area contributed by atoms with Crippen molar-refractivity contribution in [2.45, 2.75) is 0 Å². The summed E-state index contributed by atoms with van der Waals surface area (Å²) < 4.78 is 0. The van der Waals surface area contributed by atoms with Gasteiger partial charge >= 0.3 is 0 Å². The molecule has 0 spiro atoms. The molecule has 0 aliphatic heterocycles. The molecule has 0 aliphatic carbocycles. The third-order valence-corrected chi connectivity index (χ3v) is 3.39. The van der Waals surface area contributed by atoms with E-state index in [9.17, 15) is 5.26 Å². The van der Waals surface area contributed by atoms with Gasteiger partial charge in [0.25, 0.3) is 0 Å². The lowest BCUT2D eigenvalue weighted by Gasteiger charge is -2.03. The van der Waals surface area contributed by atoms with Gasteiger partial charge in [0.1, 0.15) is 6.07 Å². The Bertz CT molecular complexity index is 811. The predicted octanol–water partition coefficient (Wildman–Crippen LogP) is 4.81. The van der Waals surface area contributed by atoms with E-state index >= 15 is 0 Å². The summed E-state index contributed by atoms with van der Waals surface area (Å²) in [5.41, 5.74) is 4.59. The van der Waals surface area contributed by atoms with Crippen LogP contribution in [0.2, 0.25) is 0 Å². The van der Waals surface area contributed by atoms with Crippen LogP contribution in [0.5, 0.6) is 0 Å². The smallest absolute Gasteiger partial charge is 0.101 e. The molecule has 104 valence electrons. The zero-order valence-electron chi connectivity index (χ0n) is 12.0. The Labute approximate surface area is 130 Å². The SMILES string of the molecule is N#C/C(=C\c1ccc(-c2ccccc2)cc1)c1ccccn1. The molecule has 0 amide bonds. The number of hydrogen-bond acceptors (Lipinski definition) is 2. The highest BCUT2D eigenvalue weighted by molar-refractivity contribution is 5.88. The Balaban J connectivity index is 1.90. The quantitative estimate of drug-likeness (QED) is 0.646. The van der Waals surface area contributed by atoms with Gasteiger partial charge in [0, 0.05) is 6.20 Å². The Hall–Kier alpha value is -3.18. The van der Waals surface area contributed by atoms with Crippen LogP contribution in [0.15, 0.2) is 79.0 Å². The zero-order valence-corrected chi connectivity index (χ0v) is 12.0. The molecule has 0 N–H and O–H groups in total. The molecule has 0 radical (unpaired) electrons. The summed E-state index contributed by atoms with van der Waals surface area (Å²) in [5, 5.41) is 9.32. The Morgan fingerprint density at radius 3 is 2.14 bits per heavy atom.